The van der Waals surface area contributed by atoms with Crippen LogP contribution in [0.1, 0.15) is 50.1 Å². The average molecular weight is 323 g/mol. The molecule has 1 unspecified atom stereocenters. The molecule has 124 valence electrons. The van der Waals surface area contributed by atoms with E-state index in [2.05, 4.69) is 39.3 Å². The number of hydrogen-bond acceptors (Lipinski definition) is 6. The number of aromatic nitrogens is 4. The maximum absolute atomic E-state index is 5.36. The molecule has 0 spiro atoms. The zero-order valence-corrected chi connectivity index (χ0v) is 14.3. The summed E-state index contributed by atoms with van der Waals surface area (Å²) in [5, 5.41) is 7.40. The molecule has 0 aliphatic heterocycles. The summed E-state index contributed by atoms with van der Waals surface area (Å²) >= 11 is 0. The Bertz CT molecular complexity index is 813. The highest BCUT2D eigenvalue weighted by molar-refractivity contribution is 5.52. The van der Waals surface area contributed by atoms with Gasteiger partial charge in [-0.25, -0.2) is 9.97 Å². The predicted molar refractivity (Wildman–Crippen MR) is 92.6 cm³/mol. The van der Waals surface area contributed by atoms with E-state index < -0.39 is 0 Å². The van der Waals surface area contributed by atoms with Crippen LogP contribution in [0.15, 0.2) is 40.9 Å². The van der Waals surface area contributed by atoms with Crippen molar-refractivity contribution in [2.24, 2.45) is 0 Å². The minimum atomic E-state index is -0.125. The van der Waals surface area contributed by atoms with Crippen LogP contribution >= 0.6 is 0 Å². The first kappa shape index (κ1) is 16.1. The molecule has 6 heteroatoms. The molecule has 0 saturated heterocycles. The predicted octanol–water partition coefficient (Wildman–Crippen LogP) is 4.13. The van der Waals surface area contributed by atoms with E-state index in [-0.39, 0.29) is 12.0 Å². The minimum Gasteiger partial charge on any atom is -0.360 e. The first-order chi connectivity index (χ1) is 11.5. The van der Waals surface area contributed by atoms with Crippen molar-refractivity contribution in [1.29, 1.82) is 0 Å². The van der Waals surface area contributed by atoms with Crippen molar-refractivity contribution in [1.82, 2.24) is 20.1 Å². The van der Waals surface area contributed by atoms with Gasteiger partial charge < -0.3 is 9.84 Å². The normalized spacial score (nSPS) is 12.4. The van der Waals surface area contributed by atoms with Gasteiger partial charge in [0, 0.05) is 23.2 Å². The Morgan fingerprint density at radius 1 is 0.958 bits per heavy atom. The largest absolute Gasteiger partial charge is 0.360 e. The van der Waals surface area contributed by atoms with Crippen molar-refractivity contribution in [3.05, 3.63) is 53.7 Å². The van der Waals surface area contributed by atoms with Gasteiger partial charge in [0.25, 0.3) is 5.89 Å². The van der Waals surface area contributed by atoms with Crippen molar-refractivity contribution < 1.29 is 4.52 Å². The van der Waals surface area contributed by atoms with Gasteiger partial charge in [0.2, 0.25) is 0 Å². The third kappa shape index (κ3) is 3.59. The fraction of sp³-hybridized carbons (Fsp3) is 0.333. The van der Waals surface area contributed by atoms with E-state index in [4.69, 9.17) is 4.52 Å². The highest BCUT2D eigenvalue weighted by Gasteiger charge is 2.16. The van der Waals surface area contributed by atoms with Crippen LogP contribution in [-0.4, -0.2) is 20.1 Å². The number of aryl methyl sites for hydroxylation is 1. The number of benzene rings is 1. The Labute approximate surface area is 141 Å². The Balaban J connectivity index is 1.78. The van der Waals surface area contributed by atoms with Crippen LogP contribution in [0, 0.1) is 6.92 Å². The zero-order valence-electron chi connectivity index (χ0n) is 14.3. The van der Waals surface area contributed by atoms with E-state index in [0.29, 0.717) is 11.7 Å². The maximum atomic E-state index is 5.36. The molecule has 1 N–H and O–H groups in total. The monoisotopic (exact) mass is 323 g/mol. The summed E-state index contributed by atoms with van der Waals surface area (Å²) < 4.78 is 5.36. The molecule has 0 aliphatic carbocycles. The smallest absolute Gasteiger partial charge is 0.257 e. The highest BCUT2D eigenvalue weighted by atomic mass is 16.5. The summed E-state index contributed by atoms with van der Waals surface area (Å²) in [6, 6.07) is 11.5. The van der Waals surface area contributed by atoms with Crippen LogP contribution in [0.3, 0.4) is 0 Å². The third-order valence-corrected chi connectivity index (χ3v) is 3.60. The lowest BCUT2D eigenvalue weighted by Gasteiger charge is -2.13. The van der Waals surface area contributed by atoms with Gasteiger partial charge in [-0.2, -0.15) is 4.98 Å². The van der Waals surface area contributed by atoms with Crippen molar-refractivity contribution in [3.63, 3.8) is 0 Å². The molecule has 0 saturated carbocycles. The van der Waals surface area contributed by atoms with E-state index in [9.17, 15) is 0 Å². The van der Waals surface area contributed by atoms with Gasteiger partial charge in [0.1, 0.15) is 11.6 Å². The van der Waals surface area contributed by atoms with Gasteiger partial charge in [-0.1, -0.05) is 37.2 Å². The first-order valence-corrected chi connectivity index (χ1v) is 8.04. The van der Waals surface area contributed by atoms with Gasteiger partial charge in [0.05, 0.1) is 6.04 Å². The molecule has 0 fully saturated rings. The minimum absolute atomic E-state index is 0.125. The summed E-state index contributed by atoms with van der Waals surface area (Å²) in [5.41, 5.74) is 1.84. The Hall–Kier alpha value is -2.76. The van der Waals surface area contributed by atoms with E-state index in [1.807, 2.05) is 50.2 Å². The lowest BCUT2D eigenvalue weighted by molar-refractivity contribution is 0.419. The molecule has 0 aliphatic rings. The lowest BCUT2D eigenvalue weighted by Crippen LogP contribution is -2.11. The summed E-state index contributed by atoms with van der Waals surface area (Å²) in [4.78, 5) is 13.5. The number of nitrogens with zero attached hydrogens (tertiary/aromatic N) is 4. The van der Waals surface area contributed by atoms with Crippen molar-refractivity contribution in [2.45, 2.75) is 39.7 Å². The van der Waals surface area contributed by atoms with E-state index >= 15 is 0 Å². The molecular weight excluding hydrogens is 302 g/mol. The van der Waals surface area contributed by atoms with Gasteiger partial charge in [-0.15, -0.1) is 0 Å². The zero-order chi connectivity index (χ0) is 17.1. The first-order valence-electron chi connectivity index (χ1n) is 8.04. The third-order valence-electron chi connectivity index (χ3n) is 3.60. The number of hydrogen-bond donors (Lipinski definition) is 1. The topological polar surface area (TPSA) is 76.7 Å². The number of nitrogens with one attached hydrogen (secondary N) is 1. The summed E-state index contributed by atoms with van der Waals surface area (Å²) in [6.45, 7) is 8.10. The average Bonchev–Trinajstić information content (AvgIpc) is 3.05. The summed E-state index contributed by atoms with van der Waals surface area (Å²) in [7, 11) is 0. The van der Waals surface area contributed by atoms with E-state index in [1.54, 1.807) is 0 Å². The SMILES string of the molecule is Cc1cc(NC(C)c2noc(-c3ccccc3)n2)nc(C(C)C)n1. The van der Waals surface area contributed by atoms with Crippen molar-refractivity contribution in [3.8, 4) is 11.5 Å². The number of rotatable bonds is 5. The fourth-order valence-corrected chi connectivity index (χ4v) is 2.32. The van der Waals surface area contributed by atoms with Gasteiger partial charge in [0.15, 0.2) is 5.82 Å². The maximum Gasteiger partial charge on any atom is 0.257 e. The van der Waals surface area contributed by atoms with Crippen molar-refractivity contribution >= 4 is 5.82 Å². The van der Waals surface area contributed by atoms with Crippen LogP contribution in [0.5, 0.6) is 0 Å². The van der Waals surface area contributed by atoms with Gasteiger partial charge >= 0.3 is 0 Å². The van der Waals surface area contributed by atoms with Crippen LogP contribution in [0.25, 0.3) is 11.5 Å². The van der Waals surface area contributed by atoms with Crippen molar-refractivity contribution in [2.75, 3.05) is 5.32 Å². The molecule has 24 heavy (non-hydrogen) atoms. The molecule has 1 aromatic carbocycles. The molecule has 0 amide bonds. The molecule has 3 rings (SSSR count). The molecule has 0 bridgehead atoms. The van der Waals surface area contributed by atoms with E-state index in [1.165, 1.54) is 0 Å². The summed E-state index contributed by atoms with van der Waals surface area (Å²) in [5.74, 6) is 2.97. The fourth-order valence-electron chi connectivity index (χ4n) is 2.32. The van der Waals surface area contributed by atoms with Gasteiger partial charge in [-0.05, 0) is 26.0 Å². The van der Waals surface area contributed by atoms with Crippen LogP contribution in [-0.2, 0) is 0 Å². The molecule has 6 nitrogen and oxygen atoms in total. The Morgan fingerprint density at radius 2 is 1.71 bits per heavy atom. The molecule has 2 heterocycles. The second-order valence-corrected chi connectivity index (χ2v) is 6.10. The van der Waals surface area contributed by atoms with Gasteiger partial charge in [-0.3, -0.25) is 0 Å². The van der Waals surface area contributed by atoms with Crippen LogP contribution in [0.2, 0.25) is 0 Å². The van der Waals surface area contributed by atoms with E-state index in [0.717, 1.165) is 22.9 Å². The molecule has 1 atom stereocenters. The quantitative estimate of drug-likeness (QED) is 0.760. The Morgan fingerprint density at radius 3 is 2.42 bits per heavy atom. The molecule has 3 aromatic rings. The molecule has 0 radical (unpaired) electrons. The molecular formula is C18H21N5O. The second kappa shape index (κ2) is 6.78. The molecule has 2 aromatic heterocycles. The Kier molecular flexibility index (Phi) is 4.55. The van der Waals surface area contributed by atoms with Crippen LogP contribution < -0.4 is 5.32 Å². The lowest BCUT2D eigenvalue weighted by atomic mass is 10.2. The number of anilines is 1. The summed E-state index contributed by atoms with van der Waals surface area (Å²) in [6.07, 6.45) is 0. The van der Waals surface area contributed by atoms with Crippen LogP contribution in [0.4, 0.5) is 5.82 Å². The second-order valence-electron chi connectivity index (χ2n) is 6.10. The highest BCUT2D eigenvalue weighted by Crippen LogP contribution is 2.22. The standard InChI is InChI=1S/C18H21N5O/c1-11(2)16-19-12(3)10-15(21-16)20-13(4)17-22-18(24-23-17)14-8-6-5-7-9-14/h5-11,13H,1-4H3,(H,19,20,21).